The fourth-order valence-electron chi connectivity index (χ4n) is 2.23. The van der Waals surface area contributed by atoms with E-state index in [1.54, 1.807) is 0 Å². The molecule has 2 rings (SSSR count). The molecule has 0 saturated carbocycles. The minimum Gasteiger partial charge on any atom is -0.494 e. The van der Waals surface area contributed by atoms with Crippen molar-refractivity contribution < 1.29 is 18.8 Å². The molecule has 7 nitrogen and oxygen atoms in total. The Balaban J connectivity index is 2.06. The Morgan fingerprint density at radius 3 is 2.81 bits per heavy atom. The van der Waals surface area contributed by atoms with Gasteiger partial charge in [-0.15, -0.1) is 0 Å². The number of anilines is 1. The van der Waals surface area contributed by atoms with E-state index in [4.69, 9.17) is 9.47 Å². The highest BCUT2D eigenvalue weighted by atomic mass is 19.1. The van der Waals surface area contributed by atoms with Crippen LogP contribution >= 0.6 is 0 Å². The summed E-state index contributed by atoms with van der Waals surface area (Å²) in [6.07, 6.45) is 0. The van der Waals surface area contributed by atoms with Gasteiger partial charge in [0.1, 0.15) is 5.75 Å². The highest BCUT2D eigenvalue weighted by molar-refractivity contribution is 5.70. The molecule has 0 atom stereocenters. The molecule has 1 aliphatic rings. The summed E-state index contributed by atoms with van der Waals surface area (Å²) in [5.41, 5.74) is -0.507. The Morgan fingerprint density at radius 1 is 1.48 bits per heavy atom. The van der Waals surface area contributed by atoms with Crippen LogP contribution in [0.5, 0.6) is 5.75 Å². The predicted octanol–water partition coefficient (Wildman–Crippen LogP) is 1.49. The molecule has 1 saturated heterocycles. The second-order valence-electron chi connectivity index (χ2n) is 4.61. The van der Waals surface area contributed by atoms with Gasteiger partial charge in [-0.3, -0.25) is 15.0 Å². The van der Waals surface area contributed by atoms with E-state index in [1.165, 1.54) is 13.2 Å². The topological polar surface area (TPSA) is 76.9 Å². The van der Waals surface area contributed by atoms with Gasteiger partial charge in [-0.05, 0) is 12.1 Å². The molecular weight excluding hydrogens is 281 g/mol. The van der Waals surface area contributed by atoms with Gasteiger partial charge < -0.3 is 14.8 Å². The highest BCUT2D eigenvalue weighted by Crippen LogP contribution is 2.36. The second-order valence-corrected chi connectivity index (χ2v) is 4.61. The smallest absolute Gasteiger partial charge is 0.331 e. The van der Waals surface area contributed by atoms with E-state index in [1.807, 2.05) is 0 Å². The molecule has 0 amide bonds. The van der Waals surface area contributed by atoms with E-state index in [0.29, 0.717) is 26.3 Å². The zero-order valence-electron chi connectivity index (χ0n) is 11.8. The van der Waals surface area contributed by atoms with Crippen molar-refractivity contribution in [2.24, 2.45) is 0 Å². The average molecular weight is 299 g/mol. The van der Waals surface area contributed by atoms with Crippen LogP contribution in [0.3, 0.4) is 0 Å². The van der Waals surface area contributed by atoms with E-state index in [0.717, 1.165) is 19.2 Å². The zero-order valence-corrected chi connectivity index (χ0v) is 11.8. The van der Waals surface area contributed by atoms with Crippen LogP contribution in [0.15, 0.2) is 12.1 Å². The van der Waals surface area contributed by atoms with Crippen molar-refractivity contribution in [1.82, 2.24) is 4.90 Å². The molecule has 0 aliphatic carbocycles. The van der Waals surface area contributed by atoms with Crippen molar-refractivity contribution in [3.63, 3.8) is 0 Å². The normalized spacial score (nSPS) is 15.7. The first-order valence-corrected chi connectivity index (χ1v) is 6.68. The predicted molar refractivity (Wildman–Crippen MR) is 75.4 cm³/mol. The minimum absolute atomic E-state index is 0.0794. The number of methoxy groups -OCH3 is 1. The fourth-order valence-corrected chi connectivity index (χ4v) is 2.23. The standard InChI is InChI=1S/C13H18FN3O4/c1-20-11-3-2-10(14)13(17(18)19)12(11)15-4-5-16-6-8-21-9-7-16/h2-3,15H,4-9H2,1H3. The Labute approximate surface area is 121 Å². The summed E-state index contributed by atoms with van der Waals surface area (Å²) in [4.78, 5) is 12.5. The Kier molecular flexibility index (Phi) is 5.29. The first kappa shape index (κ1) is 15.5. The summed E-state index contributed by atoms with van der Waals surface area (Å²) in [6, 6.07) is 2.41. The van der Waals surface area contributed by atoms with Crippen molar-refractivity contribution in [3.8, 4) is 5.75 Å². The fraction of sp³-hybridized carbons (Fsp3) is 0.538. The Hall–Kier alpha value is -1.93. The molecule has 8 heteroatoms. The Bertz CT molecular complexity index is 506. The van der Waals surface area contributed by atoms with Crippen molar-refractivity contribution in [2.75, 3.05) is 51.8 Å². The van der Waals surface area contributed by atoms with Crippen LogP contribution in [0.2, 0.25) is 0 Å². The summed E-state index contributed by atoms with van der Waals surface area (Å²) in [7, 11) is 1.39. The number of halogens is 1. The van der Waals surface area contributed by atoms with Crippen molar-refractivity contribution in [1.29, 1.82) is 0 Å². The van der Waals surface area contributed by atoms with E-state index < -0.39 is 16.4 Å². The van der Waals surface area contributed by atoms with Gasteiger partial charge >= 0.3 is 5.69 Å². The van der Waals surface area contributed by atoms with Crippen molar-refractivity contribution in [2.45, 2.75) is 0 Å². The summed E-state index contributed by atoms with van der Waals surface area (Å²) in [5, 5.41) is 13.9. The third-order valence-corrected chi connectivity index (χ3v) is 3.33. The highest BCUT2D eigenvalue weighted by Gasteiger charge is 2.24. The molecule has 116 valence electrons. The molecule has 1 aromatic rings. The number of morpholine rings is 1. The summed E-state index contributed by atoms with van der Waals surface area (Å²) >= 11 is 0. The number of nitrogens with one attached hydrogen (secondary N) is 1. The SMILES string of the molecule is COc1ccc(F)c([N+](=O)[O-])c1NCCN1CCOCC1. The van der Waals surface area contributed by atoms with Gasteiger partial charge in [-0.2, -0.15) is 4.39 Å². The van der Waals surface area contributed by atoms with Crippen LogP contribution in [-0.2, 0) is 4.74 Å². The van der Waals surface area contributed by atoms with Gasteiger partial charge in [0.05, 0.1) is 25.2 Å². The maximum atomic E-state index is 13.6. The van der Waals surface area contributed by atoms with Gasteiger partial charge in [-0.25, -0.2) is 0 Å². The van der Waals surface area contributed by atoms with Crippen LogP contribution in [-0.4, -0.2) is 56.3 Å². The quantitative estimate of drug-likeness (QED) is 0.633. The number of hydrogen-bond acceptors (Lipinski definition) is 6. The van der Waals surface area contributed by atoms with E-state index in [2.05, 4.69) is 10.2 Å². The van der Waals surface area contributed by atoms with Gasteiger partial charge in [0.25, 0.3) is 0 Å². The molecular formula is C13H18FN3O4. The van der Waals surface area contributed by atoms with Crippen LogP contribution in [0.25, 0.3) is 0 Å². The first-order valence-electron chi connectivity index (χ1n) is 6.68. The monoisotopic (exact) mass is 299 g/mol. The van der Waals surface area contributed by atoms with E-state index in [9.17, 15) is 14.5 Å². The lowest BCUT2D eigenvalue weighted by Crippen LogP contribution is -2.39. The molecule has 0 bridgehead atoms. The number of nitrogens with zero attached hydrogens (tertiary/aromatic N) is 2. The van der Waals surface area contributed by atoms with Gasteiger partial charge in [-0.1, -0.05) is 0 Å². The number of nitro benzene ring substituents is 1. The lowest BCUT2D eigenvalue weighted by Gasteiger charge is -2.26. The number of rotatable bonds is 6. The molecule has 1 heterocycles. The lowest BCUT2D eigenvalue weighted by atomic mass is 10.2. The third-order valence-electron chi connectivity index (χ3n) is 3.33. The molecule has 1 aromatic carbocycles. The first-order chi connectivity index (χ1) is 10.1. The van der Waals surface area contributed by atoms with Crippen LogP contribution in [0.1, 0.15) is 0 Å². The van der Waals surface area contributed by atoms with Gasteiger partial charge in [0.2, 0.25) is 5.82 Å². The van der Waals surface area contributed by atoms with Crippen molar-refractivity contribution >= 4 is 11.4 Å². The second kappa shape index (κ2) is 7.19. The minimum atomic E-state index is -0.880. The molecule has 1 aliphatic heterocycles. The molecule has 0 spiro atoms. The van der Waals surface area contributed by atoms with Crippen LogP contribution in [0, 0.1) is 15.9 Å². The van der Waals surface area contributed by atoms with Gasteiger partial charge in [0.15, 0.2) is 5.69 Å². The van der Waals surface area contributed by atoms with Crippen LogP contribution in [0.4, 0.5) is 15.8 Å². The number of hydrogen-bond donors (Lipinski definition) is 1. The van der Waals surface area contributed by atoms with Crippen molar-refractivity contribution in [3.05, 3.63) is 28.1 Å². The molecule has 1 fully saturated rings. The van der Waals surface area contributed by atoms with E-state index >= 15 is 0 Å². The molecule has 0 aromatic heterocycles. The molecule has 0 unspecified atom stereocenters. The maximum absolute atomic E-state index is 13.6. The molecule has 0 radical (unpaired) electrons. The lowest BCUT2D eigenvalue weighted by molar-refractivity contribution is -0.386. The largest absolute Gasteiger partial charge is 0.494 e. The third kappa shape index (κ3) is 3.79. The van der Waals surface area contributed by atoms with Crippen LogP contribution < -0.4 is 10.1 Å². The Morgan fingerprint density at radius 2 is 2.19 bits per heavy atom. The molecule has 1 N–H and O–H groups in total. The average Bonchev–Trinajstić information content (AvgIpc) is 2.48. The zero-order chi connectivity index (χ0) is 15.2. The number of benzene rings is 1. The number of nitro groups is 1. The molecule has 21 heavy (non-hydrogen) atoms. The number of ether oxygens (including phenoxy) is 2. The summed E-state index contributed by atoms with van der Waals surface area (Å²) in [6.45, 7) is 4.17. The summed E-state index contributed by atoms with van der Waals surface area (Å²) < 4.78 is 23.9. The summed E-state index contributed by atoms with van der Waals surface area (Å²) in [5.74, 6) is -0.625. The van der Waals surface area contributed by atoms with Gasteiger partial charge in [0, 0.05) is 26.2 Å². The van der Waals surface area contributed by atoms with E-state index in [-0.39, 0.29) is 11.4 Å². The maximum Gasteiger partial charge on any atom is 0.331 e.